The van der Waals surface area contributed by atoms with Crippen molar-refractivity contribution in [3.8, 4) is 5.75 Å². The summed E-state index contributed by atoms with van der Waals surface area (Å²) in [6.45, 7) is 1.83. The van der Waals surface area contributed by atoms with E-state index in [9.17, 15) is 24.3 Å². The molecule has 1 saturated carbocycles. The number of imide groups is 2. The molecule has 11 heteroatoms. The van der Waals surface area contributed by atoms with Gasteiger partial charge in [-0.1, -0.05) is 81.6 Å². The third-order valence-electron chi connectivity index (χ3n) is 9.67. The molecular formula is C32H24BrCl3N2O5. The van der Waals surface area contributed by atoms with Gasteiger partial charge in [-0.3, -0.25) is 24.1 Å². The van der Waals surface area contributed by atoms with Crippen molar-refractivity contribution >= 4 is 90.8 Å². The molecule has 2 aliphatic carbocycles. The maximum atomic E-state index is 14.2. The minimum atomic E-state index is -2.00. The Hall–Kier alpha value is -2.91. The van der Waals surface area contributed by atoms with Crippen LogP contribution in [0.2, 0.25) is 5.02 Å². The van der Waals surface area contributed by atoms with Gasteiger partial charge >= 0.3 is 0 Å². The molecule has 4 amide bonds. The Bertz CT molecular complexity index is 1830. The number of hydrogen-bond acceptors (Lipinski definition) is 5. The number of amides is 4. The largest absolute Gasteiger partial charge is 0.507 e. The monoisotopic (exact) mass is 700 g/mol. The normalized spacial score (nSPS) is 31.8. The quantitative estimate of drug-likeness (QED) is 0.147. The van der Waals surface area contributed by atoms with Crippen LogP contribution in [-0.4, -0.2) is 48.8 Å². The highest BCUT2D eigenvalue weighted by Crippen LogP contribution is 2.66. The van der Waals surface area contributed by atoms with Gasteiger partial charge in [0.2, 0.25) is 11.8 Å². The predicted octanol–water partition coefficient (Wildman–Crippen LogP) is 6.42. The van der Waals surface area contributed by atoms with Crippen LogP contribution in [0.5, 0.6) is 5.75 Å². The number of aryl methyl sites for hydroxylation is 1. The van der Waals surface area contributed by atoms with Crippen molar-refractivity contribution in [1.82, 2.24) is 4.90 Å². The van der Waals surface area contributed by atoms with E-state index in [0.29, 0.717) is 27.2 Å². The van der Waals surface area contributed by atoms with E-state index in [0.717, 1.165) is 20.7 Å². The summed E-state index contributed by atoms with van der Waals surface area (Å²) in [5.41, 5.74) is 1.98. The highest BCUT2D eigenvalue weighted by molar-refractivity contribution is 9.09. The lowest BCUT2D eigenvalue weighted by atomic mass is 9.56. The van der Waals surface area contributed by atoms with E-state index in [1.807, 2.05) is 31.2 Å². The van der Waals surface area contributed by atoms with Gasteiger partial charge in [0.05, 0.1) is 23.0 Å². The van der Waals surface area contributed by atoms with Crippen LogP contribution in [0.25, 0.3) is 10.8 Å². The lowest BCUT2D eigenvalue weighted by Gasteiger charge is -2.50. The third-order valence-corrected chi connectivity index (χ3v) is 12.0. The Labute approximate surface area is 270 Å². The summed E-state index contributed by atoms with van der Waals surface area (Å²) >= 11 is 24.2. The van der Waals surface area contributed by atoms with Gasteiger partial charge in [-0.2, -0.15) is 0 Å². The van der Waals surface area contributed by atoms with Gasteiger partial charge in [0.25, 0.3) is 11.8 Å². The van der Waals surface area contributed by atoms with Crippen molar-refractivity contribution in [3.05, 3.63) is 82.4 Å². The third kappa shape index (κ3) is 3.67. The van der Waals surface area contributed by atoms with Crippen molar-refractivity contribution in [3.63, 3.8) is 0 Å². The van der Waals surface area contributed by atoms with Crippen LogP contribution in [0.3, 0.4) is 0 Å². The first-order valence-electron chi connectivity index (χ1n) is 13.8. The van der Waals surface area contributed by atoms with Crippen LogP contribution in [0.4, 0.5) is 5.69 Å². The van der Waals surface area contributed by atoms with Gasteiger partial charge < -0.3 is 5.11 Å². The Morgan fingerprint density at radius 2 is 1.72 bits per heavy atom. The standard InChI is InChI=1S/C32H24BrCl3N2O5/c1-15-6-8-17(12-23(15)34)38-27(40)20-11-10-19-22(24(20)28(38)41)13-31(35)29(42)37(14-33)30(43)32(31,36)25(19)21-9-7-16-4-2-3-5-18(16)26(21)39/h2-10,12,20,22,24-25,39H,11,13-14H2,1H3. The van der Waals surface area contributed by atoms with Gasteiger partial charge in [-0.15, -0.1) is 23.2 Å². The van der Waals surface area contributed by atoms with Crippen molar-refractivity contribution < 1.29 is 24.3 Å². The molecule has 0 spiro atoms. The molecule has 2 aliphatic heterocycles. The fourth-order valence-corrected chi connectivity index (χ4v) is 9.17. The molecule has 7 rings (SSSR count). The molecule has 2 saturated heterocycles. The zero-order valence-corrected chi connectivity index (χ0v) is 26.5. The molecule has 6 unspecified atom stereocenters. The smallest absolute Gasteiger partial charge is 0.254 e. The number of hydrogen-bond donors (Lipinski definition) is 1. The van der Waals surface area contributed by atoms with E-state index in [1.165, 1.54) is 0 Å². The SMILES string of the molecule is Cc1ccc(N2C(=O)C3CC=C4C(CC5(Cl)C(=O)N(CBr)C(=O)C5(Cl)C4c4ccc5ccccc5c4O)C3C2=O)cc1Cl. The van der Waals surface area contributed by atoms with E-state index in [1.54, 1.807) is 36.4 Å². The number of carbonyl (C=O) groups excluding carboxylic acids is 4. The molecular weight excluding hydrogens is 679 g/mol. The summed E-state index contributed by atoms with van der Waals surface area (Å²) in [5.74, 6) is -5.55. The van der Waals surface area contributed by atoms with E-state index in [4.69, 9.17) is 34.8 Å². The summed E-state index contributed by atoms with van der Waals surface area (Å²) in [4.78, 5) is 54.0. The van der Waals surface area contributed by atoms with E-state index in [2.05, 4.69) is 15.9 Å². The summed E-state index contributed by atoms with van der Waals surface area (Å²) < 4.78 is 0. The lowest BCUT2D eigenvalue weighted by molar-refractivity contribution is -0.138. The van der Waals surface area contributed by atoms with Gasteiger partial charge in [-0.25, -0.2) is 4.90 Å². The number of phenolic OH excluding ortho intramolecular Hbond substituents is 1. The summed E-state index contributed by atoms with van der Waals surface area (Å²) in [7, 11) is 0. The summed E-state index contributed by atoms with van der Waals surface area (Å²) in [6, 6.07) is 15.8. The molecule has 0 aromatic heterocycles. The second-order valence-corrected chi connectivity index (χ2v) is 13.8. The highest BCUT2D eigenvalue weighted by Gasteiger charge is 2.76. The Morgan fingerprint density at radius 1 is 0.977 bits per heavy atom. The number of anilines is 1. The molecule has 7 nitrogen and oxygen atoms in total. The average Bonchev–Trinajstić information content (AvgIpc) is 3.33. The van der Waals surface area contributed by atoms with Crippen molar-refractivity contribution in [2.24, 2.45) is 17.8 Å². The molecule has 3 aromatic rings. The molecule has 0 bridgehead atoms. The van der Waals surface area contributed by atoms with E-state index >= 15 is 0 Å². The number of carbonyl (C=O) groups is 4. The maximum absolute atomic E-state index is 14.2. The number of alkyl halides is 3. The van der Waals surface area contributed by atoms with Crippen LogP contribution >= 0.6 is 50.7 Å². The summed E-state index contributed by atoms with van der Waals surface area (Å²) in [6.07, 6.45) is 1.93. The number of likely N-dealkylation sites (tertiary alicyclic amines) is 1. The fourth-order valence-electron chi connectivity index (χ4n) is 7.58. The number of phenols is 1. The van der Waals surface area contributed by atoms with Gasteiger partial charge in [0.15, 0.2) is 9.75 Å². The van der Waals surface area contributed by atoms with E-state index in [-0.39, 0.29) is 30.0 Å². The van der Waals surface area contributed by atoms with Crippen LogP contribution in [0.1, 0.15) is 29.9 Å². The second-order valence-electron chi connectivity index (χ2n) is 11.7. The topological polar surface area (TPSA) is 95.0 Å². The van der Waals surface area contributed by atoms with Crippen molar-refractivity contribution in [1.29, 1.82) is 0 Å². The fraction of sp³-hybridized carbons (Fsp3) is 0.312. The molecule has 2 heterocycles. The predicted molar refractivity (Wildman–Crippen MR) is 168 cm³/mol. The number of benzene rings is 3. The van der Waals surface area contributed by atoms with Crippen LogP contribution in [0, 0.1) is 24.7 Å². The number of aromatic hydroxyl groups is 1. The first kappa shape index (κ1) is 28.8. The van der Waals surface area contributed by atoms with Crippen LogP contribution in [0.15, 0.2) is 66.2 Å². The molecule has 3 aromatic carbocycles. The summed E-state index contributed by atoms with van der Waals surface area (Å²) in [5, 5.41) is 13.4. The molecule has 43 heavy (non-hydrogen) atoms. The number of rotatable bonds is 3. The first-order chi connectivity index (χ1) is 20.5. The minimum Gasteiger partial charge on any atom is -0.507 e. The second kappa shape index (κ2) is 9.80. The first-order valence-corrected chi connectivity index (χ1v) is 16.1. The van der Waals surface area contributed by atoms with Crippen LogP contribution < -0.4 is 4.90 Å². The van der Waals surface area contributed by atoms with Gasteiger partial charge in [-0.05, 0) is 48.8 Å². The minimum absolute atomic E-state index is 0.0897. The Balaban J connectivity index is 1.42. The number of nitrogens with zero attached hydrogens (tertiary/aromatic N) is 2. The Morgan fingerprint density at radius 3 is 2.44 bits per heavy atom. The highest BCUT2D eigenvalue weighted by atomic mass is 79.9. The van der Waals surface area contributed by atoms with Crippen LogP contribution in [-0.2, 0) is 19.2 Å². The van der Waals surface area contributed by atoms with Crippen molar-refractivity contribution in [2.45, 2.75) is 35.4 Å². The molecule has 6 atom stereocenters. The molecule has 0 radical (unpaired) electrons. The van der Waals surface area contributed by atoms with Crippen molar-refractivity contribution in [2.75, 3.05) is 10.4 Å². The number of halogens is 4. The van der Waals surface area contributed by atoms with Gasteiger partial charge in [0.1, 0.15) is 5.75 Å². The Kier molecular flexibility index (Phi) is 6.57. The van der Waals surface area contributed by atoms with Gasteiger partial charge in [0, 0.05) is 21.9 Å². The zero-order valence-electron chi connectivity index (χ0n) is 22.7. The average molecular weight is 703 g/mol. The molecule has 1 N–H and O–H groups in total. The number of allylic oxidation sites excluding steroid dienone is 2. The maximum Gasteiger partial charge on any atom is 0.254 e. The number of fused-ring (bicyclic) bond motifs is 5. The lowest BCUT2D eigenvalue weighted by Crippen LogP contribution is -2.60. The zero-order chi connectivity index (χ0) is 30.6. The molecule has 4 aliphatic rings. The van der Waals surface area contributed by atoms with E-state index < -0.39 is 51.1 Å². The molecule has 3 fully saturated rings. The molecule has 220 valence electrons.